The minimum atomic E-state index is -0.272. The number of aryl methyl sites for hydroxylation is 1. The molecule has 0 radical (unpaired) electrons. The van der Waals surface area contributed by atoms with Crippen LogP contribution < -0.4 is 0 Å². The number of hydrogen-bond donors (Lipinski definition) is 0. The Morgan fingerprint density at radius 3 is 2.67 bits per heavy atom. The minimum absolute atomic E-state index is 0.272. The minimum Gasteiger partial charge on any atom is -0.462 e. The zero-order valence-corrected chi connectivity index (χ0v) is 10.4. The van der Waals surface area contributed by atoms with Crippen LogP contribution in [0.2, 0.25) is 0 Å². The topological polar surface area (TPSA) is 35.6 Å². The quantitative estimate of drug-likeness (QED) is 0.647. The van der Waals surface area contributed by atoms with Crippen molar-refractivity contribution in [3.05, 3.63) is 42.1 Å². The number of aromatic nitrogens is 2. The van der Waals surface area contributed by atoms with E-state index in [1.807, 2.05) is 53.4 Å². The van der Waals surface area contributed by atoms with Crippen LogP contribution in [0.5, 0.6) is 0 Å². The number of benzene rings is 1. The van der Waals surface area contributed by atoms with E-state index in [0.29, 0.717) is 12.2 Å². The standard InChI is InChI=1S/C14H14N2O2/c1-3-18-14(17)10-8-9-16-12-7-5-4-6-11(12)15(2)13(10)16/h4-9H,3H2,1-2H3. The van der Waals surface area contributed by atoms with E-state index >= 15 is 0 Å². The van der Waals surface area contributed by atoms with E-state index in [9.17, 15) is 4.79 Å². The molecule has 0 aliphatic rings. The molecule has 0 N–H and O–H groups in total. The highest BCUT2D eigenvalue weighted by molar-refractivity contribution is 5.99. The Kier molecular flexibility index (Phi) is 2.37. The summed E-state index contributed by atoms with van der Waals surface area (Å²) in [6.07, 6.45) is 1.91. The van der Waals surface area contributed by atoms with Gasteiger partial charge in [0.1, 0.15) is 11.2 Å². The predicted octanol–water partition coefficient (Wildman–Crippen LogP) is 2.61. The molecule has 4 nitrogen and oxygen atoms in total. The number of fused-ring (bicyclic) bond motifs is 3. The van der Waals surface area contributed by atoms with E-state index < -0.39 is 0 Å². The Hall–Kier alpha value is -2.23. The maximum Gasteiger partial charge on any atom is 0.341 e. The molecule has 0 spiro atoms. The van der Waals surface area contributed by atoms with Gasteiger partial charge in [0.2, 0.25) is 0 Å². The number of esters is 1. The first-order valence-electron chi connectivity index (χ1n) is 5.95. The van der Waals surface area contributed by atoms with Crippen LogP contribution in [0, 0.1) is 0 Å². The van der Waals surface area contributed by atoms with E-state index in [1.54, 1.807) is 6.07 Å². The third-order valence-electron chi connectivity index (χ3n) is 3.18. The lowest BCUT2D eigenvalue weighted by atomic mass is 10.3. The van der Waals surface area contributed by atoms with Crippen LogP contribution in [0.15, 0.2) is 36.5 Å². The number of carbonyl (C=O) groups excluding carboxylic acids is 1. The Morgan fingerprint density at radius 2 is 1.94 bits per heavy atom. The second-order valence-electron chi connectivity index (χ2n) is 4.19. The zero-order chi connectivity index (χ0) is 12.7. The summed E-state index contributed by atoms with van der Waals surface area (Å²) in [4.78, 5) is 11.9. The largest absolute Gasteiger partial charge is 0.462 e. The van der Waals surface area contributed by atoms with Gasteiger partial charge in [0.15, 0.2) is 0 Å². The van der Waals surface area contributed by atoms with Crippen molar-refractivity contribution in [3.63, 3.8) is 0 Å². The molecular weight excluding hydrogens is 228 g/mol. The number of hydrogen-bond acceptors (Lipinski definition) is 2. The van der Waals surface area contributed by atoms with Crippen molar-refractivity contribution in [1.82, 2.24) is 8.97 Å². The normalized spacial score (nSPS) is 11.2. The van der Waals surface area contributed by atoms with Crippen molar-refractivity contribution in [2.75, 3.05) is 6.61 Å². The monoisotopic (exact) mass is 242 g/mol. The van der Waals surface area contributed by atoms with Crippen molar-refractivity contribution >= 4 is 22.6 Å². The van der Waals surface area contributed by atoms with Crippen LogP contribution in [-0.2, 0) is 11.8 Å². The molecule has 18 heavy (non-hydrogen) atoms. The number of para-hydroxylation sites is 2. The lowest BCUT2D eigenvalue weighted by Crippen LogP contribution is -2.05. The molecule has 0 unspecified atom stereocenters. The maximum atomic E-state index is 11.9. The third-order valence-corrected chi connectivity index (χ3v) is 3.18. The van der Waals surface area contributed by atoms with Crippen molar-refractivity contribution in [2.45, 2.75) is 6.92 Å². The number of ether oxygens (including phenoxy) is 1. The van der Waals surface area contributed by atoms with Gasteiger partial charge in [-0.25, -0.2) is 4.79 Å². The molecule has 0 fully saturated rings. The molecule has 0 amide bonds. The molecule has 3 aromatic rings. The maximum absolute atomic E-state index is 11.9. The van der Waals surface area contributed by atoms with Gasteiger partial charge < -0.3 is 13.7 Å². The highest BCUT2D eigenvalue weighted by atomic mass is 16.5. The molecule has 0 bridgehead atoms. The van der Waals surface area contributed by atoms with Crippen LogP contribution in [-0.4, -0.2) is 21.5 Å². The summed E-state index contributed by atoms with van der Waals surface area (Å²) in [5.41, 5.74) is 3.66. The molecule has 0 saturated heterocycles. The molecule has 2 heterocycles. The average molecular weight is 242 g/mol. The van der Waals surface area contributed by atoms with Gasteiger partial charge in [0, 0.05) is 13.2 Å². The van der Waals surface area contributed by atoms with Crippen LogP contribution in [0.25, 0.3) is 16.7 Å². The zero-order valence-electron chi connectivity index (χ0n) is 10.4. The van der Waals surface area contributed by atoms with Crippen molar-refractivity contribution < 1.29 is 9.53 Å². The fourth-order valence-electron chi connectivity index (χ4n) is 2.39. The summed E-state index contributed by atoms with van der Waals surface area (Å²) in [5.74, 6) is -0.272. The molecule has 2 aromatic heterocycles. The Balaban J connectivity index is 2.33. The second kappa shape index (κ2) is 3.91. The van der Waals surface area contributed by atoms with Crippen LogP contribution in [0.3, 0.4) is 0 Å². The molecule has 0 atom stereocenters. The van der Waals surface area contributed by atoms with Crippen molar-refractivity contribution in [1.29, 1.82) is 0 Å². The van der Waals surface area contributed by atoms with Gasteiger partial charge in [-0.15, -0.1) is 0 Å². The van der Waals surface area contributed by atoms with E-state index in [0.717, 1.165) is 16.7 Å². The van der Waals surface area contributed by atoms with E-state index in [4.69, 9.17) is 4.74 Å². The molecule has 1 aromatic carbocycles. The van der Waals surface area contributed by atoms with Gasteiger partial charge in [0.25, 0.3) is 0 Å². The SMILES string of the molecule is CCOC(=O)c1ccn2c3ccccc3n(C)c12. The summed E-state index contributed by atoms with van der Waals surface area (Å²) in [6, 6.07) is 9.87. The van der Waals surface area contributed by atoms with E-state index in [-0.39, 0.29) is 5.97 Å². The number of carbonyl (C=O) groups is 1. The van der Waals surface area contributed by atoms with Crippen LogP contribution in [0.1, 0.15) is 17.3 Å². The smallest absolute Gasteiger partial charge is 0.341 e. The molecule has 4 heteroatoms. The number of rotatable bonds is 2. The Labute approximate surface area is 104 Å². The van der Waals surface area contributed by atoms with Crippen molar-refractivity contribution in [3.8, 4) is 0 Å². The third kappa shape index (κ3) is 1.35. The van der Waals surface area contributed by atoms with Gasteiger partial charge in [-0.05, 0) is 25.1 Å². The average Bonchev–Trinajstić information content (AvgIpc) is 2.92. The Bertz CT molecular complexity index is 737. The molecule has 0 saturated carbocycles. The second-order valence-corrected chi connectivity index (χ2v) is 4.19. The van der Waals surface area contributed by atoms with E-state index in [1.165, 1.54) is 0 Å². The first-order valence-corrected chi connectivity index (χ1v) is 5.95. The number of nitrogens with zero attached hydrogens (tertiary/aromatic N) is 2. The van der Waals surface area contributed by atoms with Gasteiger partial charge >= 0.3 is 5.97 Å². The fraction of sp³-hybridized carbons (Fsp3) is 0.214. The summed E-state index contributed by atoms with van der Waals surface area (Å²) in [6.45, 7) is 2.20. The molecular formula is C14H14N2O2. The van der Waals surface area contributed by atoms with Crippen molar-refractivity contribution in [2.24, 2.45) is 7.05 Å². The first-order chi connectivity index (χ1) is 8.74. The van der Waals surface area contributed by atoms with Crippen LogP contribution >= 0.6 is 0 Å². The predicted molar refractivity (Wildman–Crippen MR) is 69.8 cm³/mol. The number of imidazole rings is 1. The van der Waals surface area contributed by atoms with E-state index in [2.05, 4.69) is 0 Å². The fourth-order valence-corrected chi connectivity index (χ4v) is 2.39. The Morgan fingerprint density at radius 1 is 1.22 bits per heavy atom. The summed E-state index contributed by atoms with van der Waals surface area (Å²) < 4.78 is 9.11. The van der Waals surface area contributed by atoms with Gasteiger partial charge in [0.05, 0.1) is 17.6 Å². The summed E-state index contributed by atoms with van der Waals surface area (Å²) >= 11 is 0. The molecule has 3 rings (SSSR count). The summed E-state index contributed by atoms with van der Waals surface area (Å²) in [5, 5.41) is 0. The summed E-state index contributed by atoms with van der Waals surface area (Å²) in [7, 11) is 1.96. The van der Waals surface area contributed by atoms with Crippen LogP contribution in [0.4, 0.5) is 0 Å². The molecule has 0 aliphatic heterocycles. The van der Waals surface area contributed by atoms with Gasteiger partial charge in [-0.1, -0.05) is 12.1 Å². The highest BCUT2D eigenvalue weighted by Gasteiger charge is 2.17. The lowest BCUT2D eigenvalue weighted by molar-refractivity contribution is 0.0528. The lowest BCUT2D eigenvalue weighted by Gasteiger charge is -2.01. The molecule has 0 aliphatic carbocycles. The molecule has 92 valence electrons. The van der Waals surface area contributed by atoms with Gasteiger partial charge in [-0.2, -0.15) is 0 Å². The highest BCUT2D eigenvalue weighted by Crippen LogP contribution is 2.23. The first kappa shape index (κ1) is 10.9. The van der Waals surface area contributed by atoms with Gasteiger partial charge in [-0.3, -0.25) is 0 Å².